The molecule has 0 aliphatic rings. The van der Waals surface area contributed by atoms with Crippen LogP contribution in [-0.2, 0) is 0 Å². The lowest BCUT2D eigenvalue weighted by atomic mass is 9.89. The molecule has 0 spiro atoms. The van der Waals surface area contributed by atoms with E-state index in [-0.39, 0.29) is 0 Å². The molecule has 2 heteroatoms. The molecule has 4 aromatic carbocycles. The highest BCUT2D eigenvalue weighted by Crippen LogP contribution is 2.42. The molecule has 0 bridgehead atoms. The van der Waals surface area contributed by atoms with Gasteiger partial charge in [0, 0.05) is 36.8 Å². The first-order valence-corrected chi connectivity index (χ1v) is 24.4. The van der Waals surface area contributed by atoms with E-state index >= 15 is 0 Å². The van der Waals surface area contributed by atoms with Crippen LogP contribution in [0.4, 0.5) is 0 Å². The second-order valence-electron chi connectivity index (χ2n) is 16.6. The second-order valence-corrected chi connectivity index (χ2v) is 16.6. The van der Waals surface area contributed by atoms with Crippen molar-refractivity contribution >= 4 is 32.3 Å². The second kappa shape index (κ2) is 28.9. The van der Waals surface area contributed by atoms with Crippen molar-refractivity contribution in [2.24, 2.45) is 0 Å². The Morgan fingerprint density at radius 3 is 0.883 bits per heavy atom. The van der Waals surface area contributed by atoms with Gasteiger partial charge in [-0.3, -0.25) is 0 Å². The Balaban J connectivity index is 2.07. The lowest BCUT2D eigenvalue weighted by Gasteiger charge is -2.17. The van der Waals surface area contributed by atoms with Crippen LogP contribution < -0.4 is 9.47 Å². The highest BCUT2D eigenvalue weighted by Gasteiger charge is 2.18. The Kier molecular flexibility index (Phi) is 23.2. The summed E-state index contributed by atoms with van der Waals surface area (Å²) >= 11 is 0. The van der Waals surface area contributed by atoms with Gasteiger partial charge in [-0.2, -0.15) is 0 Å². The van der Waals surface area contributed by atoms with Crippen LogP contribution in [0.2, 0.25) is 0 Å². The quantitative estimate of drug-likeness (QED) is 0.0399. The van der Waals surface area contributed by atoms with Gasteiger partial charge < -0.3 is 9.47 Å². The summed E-state index contributed by atoms with van der Waals surface area (Å²) < 4.78 is 13.4. The maximum atomic E-state index is 6.68. The highest BCUT2D eigenvalue weighted by atomic mass is 16.5. The van der Waals surface area contributed by atoms with E-state index in [2.05, 4.69) is 125 Å². The Bertz CT molecular complexity index is 2000. The van der Waals surface area contributed by atoms with Gasteiger partial charge >= 0.3 is 0 Å². The van der Waals surface area contributed by atoms with Crippen molar-refractivity contribution in [3.05, 3.63) is 58.7 Å². The van der Waals surface area contributed by atoms with Crippen LogP contribution in [0.15, 0.2) is 36.4 Å². The molecule has 0 amide bonds. The average Bonchev–Trinajstić information content (AvgIpc) is 3.26. The van der Waals surface area contributed by atoms with Crippen molar-refractivity contribution in [3.63, 3.8) is 0 Å². The summed E-state index contributed by atoms with van der Waals surface area (Å²) in [6, 6.07) is 13.8. The third-order valence-corrected chi connectivity index (χ3v) is 11.3. The van der Waals surface area contributed by atoms with Crippen molar-refractivity contribution in [1.82, 2.24) is 0 Å². The van der Waals surface area contributed by atoms with Crippen LogP contribution in [0, 0.1) is 47.4 Å². The van der Waals surface area contributed by atoms with Gasteiger partial charge in [0.15, 0.2) is 0 Å². The van der Waals surface area contributed by atoms with E-state index in [1.807, 2.05) is 0 Å². The van der Waals surface area contributed by atoms with Crippen LogP contribution in [0.3, 0.4) is 0 Å². The van der Waals surface area contributed by atoms with Crippen LogP contribution in [0.1, 0.15) is 218 Å². The summed E-state index contributed by atoms with van der Waals surface area (Å²) in [6.07, 6.45) is 26.9. The van der Waals surface area contributed by atoms with Gasteiger partial charge in [-0.1, -0.05) is 179 Å². The Labute approximate surface area is 366 Å². The number of hydrogen-bond acceptors (Lipinski definition) is 2. The molecule has 0 fully saturated rings. The summed E-state index contributed by atoms with van der Waals surface area (Å²) in [4.78, 5) is 0. The van der Waals surface area contributed by atoms with Gasteiger partial charge in [0.1, 0.15) is 11.5 Å². The third kappa shape index (κ3) is 15.5. The zero-order valence-corrected chi connectivity index (χ0v) is 38.7. The third-order valence-electron chi connectivity index (χ3n) is 11.3. The molecule has 0 heterocycles. The van der Waals surface area contributed by atoms with Crippen molar-refractivity contribution < 1.29 is 9.47 Å². The molecule has 0 aromatic heterocycles. The van der Waals surface area contributed by atoms with Crippen molar-refractivity contribution in [2.45, 2.75) is 196 Å². The summed E-state index contributed by atoms with van der Waals surface area (Å²) in [5.41, 5.74) is 3.94. The summed E-state index contributed by atoms with van der Waals surface area (Å²) in [6.45, 7) is 14.9. The van der Waals surface area contributed by atoms with E-state index in [9.17, 15) is 0 Å². The largest absolute Gasteiger partial charge is 0.492 e. The normalized spacial score (nSPS) is 10.7. The Morgan fingerprint density at radius 1 is 0.300 bits per heavy atom. The van der Waals surface area contributed by atoms with Crippen LogP contribution in [0.25, 0.3) is 32.3 Å². The van der Waals surface area contributed by atoms with E-state index in [1.54, 1.807) is 0 Å². The minimum absolute atomic E-state index is 0.685. The highest BCUT2D eigenvalue weighted by molar-refractivity contribution is 6.26. The van der Waals surface area contributed by atoms with Crippen molar-refractivity contribution in [1.29, 1.82) is 0 Å². The van der Waals surface area contributed by atoms with E-state index in [1.165, 1.54) is 89.9 Å². The van der Waals surface area contributed by atoms with Gasteiger partial charge in [0.2, 0.25) is 0 Å². The molecule has 60 heavy (non-hydrogen) atoms. The fourth-order valence-corrected chi connectivity index (χ4v) is 7.64. The van der Waals surface area contributed by atoms with Crippen LogP contribution >= 0.6 is 0 Å². The van der Waals surface area contributed by atoms with E-state index in [0.717, 1.165) is 130 Å². The fourth-order valence-electron chi connectivity index (χ4n) is 7.64. The van der Waals surface area contributed by atoms with Crippen LogP contribution in [-0.4, -0.2) is 13.2 Å². The first kappa shape index (κ1) is 48.2. The molecule has 0 atom stereocenters. The van der Waals surface area contributed by atoms with Crippen LogP contribution in [0.5, 0.6) is 11.5 Å². The summed E-state index contributed by atoms with van der Waals surface area (Å²) in [5.74, 6) is 30.2. The molecule has 2 nitrogen and oxygen atoms in total. The molecule has 0 N–H and O–H groups in total. The van der Waals surface area contributed by atoms with Gasteiger partial charge in [0.05, 0.1) is 24.3 Å². The number of hydrogen-bond donors (Lipinski definition) is 0. The topological polar surface area (TPSA) is 18.5 Å². The molecule has 0 saturated heterocycles. The molecular formula is C58H76O2. The SMILES string of the molecule is CCCCCC#Cc1cc2c(cc1C#CCCCCC)c1cc(OCCCCCC)c(C#CCCCCC)cc1c1cc(C#CCCCCC)c(OCCCCCC)cc21. The first-order chi connectivity index (χ1) is 29.6. The van der Waals surface area contributed by atoms with Gasteiger partial charge in [-0.05, 0) is 107 Å². The number of benzene rings is 4. The van der Waals surface area contributed by atoms with E-state index < -0.39 is 0 Å². The molecular weight excluding hydrogens is 729 g/mol. The lowest BCUT2D eigenvalue weighted by molar-refractivity contribution is 0.304. The smallest absolute Gasteiger partial charge is 0.135 e. The van der Waals surface area contributed by atoms with E-state index in [0.29, 0.717) is 13.2 Å². The molecule has 0 aliphatic carbocycles. The molecule has 4 aromatic rings. The molecule has 0 aliphatic heterocycles. The fraction of sp³-hybridized carbons (Fsp3) is 0.552. The predicted octanol–water partition coefficient (Wildman–Crippen LogP) is 16.8. The predicted molar refractivity (Wildman–Crippen MR) is 262 cm³/mol. The average molecular weight is 805 g/mol. The lowest BCUT2D eigenvalue weighted by Crippen LogP contribution is -2.01. The Morgan fingerprint density at radius 2 is 0.567 bits per heavy atom. The standard InChI is InChI=1S/C58H76O2/c1-7-13-19-25-29-35-47-41-51-52(42-48(47)36-30-26-20-14-8-2)56-46-58(60-40-34-24-18-12-6)50(38-32-28-22-16-10-4)44-54(56)53-43-49(37-31-27-21-15-9-3)57(45-55(51)53)59-39-33-23-17-11-5/h41-46H,7-28,33-34,39-40H2,1-6H3. The number of rotatable bonds is 24. The minimum Gasteiger partial charge on any atom is -0.492 e. The summed E-state index contributed by atoms with van der Waals surface area (Å²) in [7, 11) is 0. The van der Waals surface area contributed by atoms with Crippen molar-refractivity contribution in [3.8, 4) is 58.9 Å². The van der Waals surface area contributed by atoms with Crippen molar-refractivity contribution in [2.75, 3.05) is 13.2 Å². The zero-order chi connectivity index (χ0) is 42.6. The zero-order valence-electron chi connectivity index (χ0n) is 38.7. The number of ether oxygens (including phenoxy) is 2. The van der Waals surface area contributed by atoms with Gasteiger partial charge in [-0.25, -0.2) is 0 Å². The molecule has 0 unspecified atom stereocenters. The number of unbranched alkanes of at least 4 members (excludes halogenated alkanes) is 18. The Hall–Kier alpha value is -4.50. The minimum atomic E-state index is 0.685. The maximum absolute atomic E-state index is 6.68. The van der Waals surface area contributed by atoms with Gasteiger partial charge in [0.25, 0.3) is 0 Å². The summed E-state index contributed by atoms with van der Waals surface area (Å²) in [5, 5.41) is 6.97. The van der Waals surface area contributed by atoms with E-state index in [4.69, 9.17) is 9.47 Å². The molecule has 320 valence electrons. The molecule has 0 saturated carbocycles. The maximum Gasteiger partial charge on any atom is 0.135 e. The molecule has 0 radical (unpaired) electrons. The van der Waals surface area contributed by atoms with Gasteiger partial charge in [-0.15, -0.1) is 0 Å². The monoisotopic (exact) mass is 805 g/mol. The number of fused-ring (bicyclic) bond motifs is 6. The first-order valence-electron chi connectivity index (χ1n) is 24.4. The molecule has 4 rings (SSSR count).